The molecule has 2 unspecified atom stereocenters. The highest BCUT2D eigenvalue weighted by Crippen LogP contribution is 2.28. The predicted octanol–water partition coefficient (Wildman–Crippen LogP) is 1.89. The van der Waals surface area contributed by atoms with Gasteiger partial charge < -0.3 is 19.9 Å². The van der Waals surface area contributed by atoms with Gasteiger partial charge in [-0.1, -0.05) is 18.2 Å². The van der Waals surface area contributed by atoms with Crippen molar-refractivity contribution >= 4 is 11.8 Å². The van der Waals surface area contributed by atoms with E-state index >= 15 is 0 Å². The van der Waals surface area contributed by atoms with Crippen molar-refractivity contribution in [2.75, 3.05) is 52.9 Å². The van der Waals surface area contributed by atoms with Crippen molar-refractivity contribution in [2.45, 2.75) is 45.2 Å². The molecule has 2 heterocycles. The van der Waals surface area contributed by atoms with Gasteiger partial charge in [0.2, 0.25) is 11.8 Å². The van der Waals surface area contributed by atoms with Crippen LogP contribution in [0.1, 0.15) is 44.7 Å². The second-order valence-electron chi connectivity index (χ2n) is 8.40. The van der Waals surface area contributed by atoms with E-state index in [0.29, 0.717) is 12.6 Å². The maximum Gasteiger partial charge on any atom is 0.225 e. The van der Waals surface area contributed by atoms with E-state index < -0.39 is 0 Å². The molecular weight excluding hydrogens is 380 g/mol. The lowest BCUT2D eigenvalue weighted by Gasteiger charge is -2.42. The van der Waals surface area contributed by atoms with E-state index in [1.807, 2.05) is 36.1 Å². The average Bonchev–Trinajstić information content (AvgIpc) is 2.74. The fourth-order valence-corrected chi connectivity index (χ4v) is 4.62. The number of rotatable bonds is 7. The molecule has 30 heavy (non-hydrogen) atoms. The van der Waals surface area contributed by atoms with Crippen LogP contribution >= 0.6 is 0 Å². The Morgan fingerprint density at radius 1 is 1.17 bits per heavy atom. The molecule has 1 aromatic rings. The third-order valence-electron chi connectivity index (χ3n) is 6.13. The predicted molar refractivity (Wildman–Crippen MR) is 117 cm³/mol. The second-order valence-corrected chi connectivity index (χ2v) is 8.40. The normalized spacial score (nSPS) is 21.8. The second kappa shape index (κ2) is 10.8. The van der Waals surface area contributed by atoms with Crippen LogP contribution in [0.15, 0.2) is 24.3 Å². The Labute approximate surface area is 180 Å². The lowest BCUT2D eigenvalue weighted by molar-refractivity contribution is -0.134. The summed E-state index contributed by atoms with van der Waals surface area (Å²) >= 11 is 0. The summed E-state index contributed by atoms with van der Waals surface area (Å²) in [6.45, 7) is 9.60. The highest BCUT2D eigenvalue weighted by atomic mass is 16.5. The van der Waals surface area contributed by atoms with Gasteiger partial charge in [-0.25, -0.2) is 0 Å². The Bertz CT molecular complexity index is 718. The minimum atomic E-state index is -0.386. The number of piperidine rings is 1. The summed E-state index contributed by atoms with van der Waals surface area (Å²) in [6.07, 6.45) is 2.74. The number of hydrogen-bond donors (Lipinski definition) is 1. The molecular formula is C23H36N4O3. The van der Waals surface area contributed by atoms with Crippen LogP contribution in [0.4, 0.5) is 0 Å². The van der Waals surface area contributed by atoms with Crippen LogP contribution in [0.25, 0.3) is 0 Å². The van der Waals surface area contributed by atoms with Gasteiger partial charge >= 0.3 is 0 Å². The highest BCUT2D eigenvalue weighted by Gasteiger charge is 2.30. The molecule has 1 aromatic carbocycles. The minimum absolute atomic E-state index is 0.0838. The summed E-state index contributed by atoms with van der Waals surface area (Å²) in [6, 6.07) is 7.85. The first kappa shape index (κ1) is 22.6. The number of benzene rings is 1. The molecule has 1 N–H and O–H groups in total. The van der Waals surface area contributed by atoms with Crippen molar-refractivity contribution in [1.82, 2.24) is 20.0 Å². The van der Waals surface area contributed by atoms with Gasteiger partial charge in [-0.3, -0.25) is 14.5 Å². The summed E-state index contributed by atoms with van der Waals surface area (Å²) in [7, 11) is 2.19. The van der Waals surface area contributed by atoms with Gasteiger partial charge in [-0.15, -0.1) is 0 Å². The van der Waals surface area contributed by atoms with E-state index in [4.69, 9.17) is 4.74 Å². The molecule has 3 rings (SSSR count). The molecule has 0 spiro atoms. The molecule has 0 aliphatic carbocycles. The summed E-state index contributed by atoms with van der Waals surface area (Å²) < 4.78 is 5.73. The lowest BCUT2D eigenvalue weighted by Crippen LogP contribution is -2.55. The number of carbonyl (C=O) groups is 2. The molecule has 2 aliphatic rings. The van der Waals surface area contributed by atoms with Crippen molar-refractivity contribution in [2.24, 2.45) is 0 Å². The number of ether oxygens (including phenoxy) is 1. The lowest BCUT2D eigenvalue weighted by atomic mass is 10.0. The van der Waals surface area contributed by atoms with E-state index in [-0.39, 0.29) is 24.3 Å². The van der Waals surface area contributed by atoms with Gasteiger partial charge in [0.25, 0.3) is 0 Å². The van der Waals surface area contributed by atoms with E-state index in [9.17, 15) is 9.59 Å². The van der Waals surface area contributed by atoms with Crippen molar-refractivity contribution in [1.29, 1.82) is 0 Å². The minimum Gasteiger partial charge on any atom is -0.494 e. The number of carbonyl (C=O) groups excluding carboxylic acids is 2. The smallest absolute Gasteiger partial charge is 0.225 e. The number of nitrogens with zero attached hydrogens (tertiary/aromatic N) is 3. The zero-order valence-corrected chi connectivity index (χ0v) is 18.6. The topological polar surface area (TPSA) is 65.1 Å². The van der Waals surface area contributed by atoms with E-state index in [0.717, 1.165) is 44.0 Å². The van der Waals surface area contributed by atoms with Gasteiger partial charge in [0.15, 0.2) is 0 Å². The molecule has 2 aliphatic heterocycles. The highest BCUT2D eigenvalue weighted by molar-refractivity contribution is 5.79. The van der Waals surface area contributed by atoms with Gasteiger partial charge in [-0.05, 0) is 39.4 Å². The van der Waals surface area contributed by atoms with E-state index in [1.54, 1.807) is 0 Å². The Morgan fingerprint density at radius 3 is 2.57 bits per heavy atom. The first-order valence-electron chi connectivity index (χ1n) is 11.2. The van der Waals surface area contributed by atoms with Gasteiger partial charge in [0, 0.05) is 51.3 Å². The maximum absolute atomic E-state index is 13.1. The molecule has 2 saturated heterocycles. The van der Waals surface area contributed by atoms with Crippen molar-refractivity contribution in [3.05, 3.63) is 29.8 Å². The van der Waals surface area contributed by atoms with Crippen molar-refractivity contribution < 1.29 is 14.3 Å². The van der Waals surface area contributed by atoms with Gasteiger partial charge in [0.1, 0.15) is 5.75 Å². The standard InChI is InChI=1S/C23H36N4O3/c1-4-30-22-10-6-5-9-20(22)21(24-18(2)28)16-23(29)27-14-12-26(13-15-27)19-8-7-11-25(3)17-19/h5-6,9-10,19,21H,4,7-8,11-17H2,1-3H3,(H,24,28). The zero-order valence-electron chi connectivity index (χ0n) is 18.6. The molecule has 0 aromatic heterocycles. The van der Waals surface area contributed by atoms with Crippen LogP contribution in [0.2, 0.25) is 0 Å². The van der Waals surface area contributed by atoms with Crippen LogP contribution in [-0.4, -0.2) is 85.5 Å². The third kappa shape index (κ3) is 5.95. The molecule has 2 amide bonds. The molecule has 7 heteroatoms. The number of para-hydroxylation sites is 1. The largest absolute Gasteiger partial charge is 0.494 e. The fraction of sp³-hybridized carbons (Fsp3) is 0.652. The first-order valence-corrected chi connectivity index (χ1v) is 11.2. The Hall–Kier alpha value is -2.12. The van der Waals surface area contributed by atoms with Crippen molar-refractivity contribution in [3.8, 4) is 5.75 Å². The van der Waals surface area contributed by atoms with Crippen LogP contribution in [0.5, 0.6) is 5.75 Å². The van der Waals surface area contributed by atoms with Crippen LogP contribution in [0, 0.1) is 0 Å². The number of piperazine rings is 1. The van der Waals surface area contributed by atoms with Crippen LogP contribution < -0.4 is 10.1 Å². The maximum atomic E-state index is 13.1. The molecule has 2 atom stereocenters. The van der Waals surface area contributed by atoms with Crippen LogP contribution in [-0.2, 0) is 9.59 Å². The molecule has 7 nitrogen and oxygen atoms in total. The van der Waals surface area contributed by atoms with Gasteiger partial charge in [-0.2, -0.15) is 0 Å². The number of hydrogen-bond acceptors (Lipinski definition) is 5. The summed E-state index contributed by atoms with van der Waals surface area (Å²) in [4.78, 5) is 31.8. The molecule has 0 radical (unpaired) electrons. The Balaban J connectivity index is 1.61. The molecule has 0 bridgehead atoms. The summed E-state index contributed by atoms with van der Waals surface area (Å²) in [5.74, 6) is 0.656. The summed E-state index contributed by atoms with van der Waals surface area (Å²) in [5, 5.41) is 2.95. The Morgan fingerprint density at radius 2 is 1.90 bits per heavy atom. The monoisotopic (exact) mass is 416 g/mol. The zero-order chi connectivity index (χ0) is 21.5. The quantitative estimate of drug-likeness (QED) is 0.735. The summed E-state index contributed by atoms with van der Waals surface area (Å²) in [5.41, 5.74) is 0.853. The number of amides is 2. The molecule has 166 valence electrons. The Kier molecular flexibility index (Phi) is 8.10. The average molecular weight is 417 g/mol. The van der Waals surface area contributed by atoms with Crippen LogP contribution in [0.3, 0.4) is 0 Å². The number of likely N-dealkylation sites (tertiary alicyclic amines) is 1. The molecule has 0 saturated carbocycles. The van der Waals surface area contributed by atoms with Gasteiger partial charge in [0.05, 0.1) is 19.1 Å². The third-order valence-corrected chi connectivity index (χ3v) is 6.13. The SMILES string of the molecule is CCOc1ccccc1C(CC(=O)N1CCN(C2CCCN(C)C2)CC1)NC(C)=O. The van der Waals surface area contributed by atoms with Crippen molar-refractivity contribution in [3.63, 3.8) is 0 Å². The fourth-order valence-electron chi connectivity index (χ4n) is 4.62. The number of likely N-dealkylation sites (N-methyl/N-ethyl adjacent to an activating group) is 1. The molecule has 2 fully saturated rings. The number of nitrogens with one attached hydrogen (secondary N) is 1. The first-order chi connectivity index (χ1) is 14.5. The van der Waals surface area contributed by atoms with E-state index in [1.165, 1.54) is 26.3 Å². The van der Waals surface area contributed by atoms with E-state index in [2.05, 4.69) is 22.2 Å².